The molecule has 0 radical (unpaired) electrons. The van der Waals surface area contributed by atoms with Crippen LogP contribution in [0.15, 0.2) is 22.7 Å². The molecular weight excluding hydrogens is 228 g/mol. The Bertz CT molecular complexity index is 398. The summed E-state index contributed by atoms with van der Waals surface area (Å²) in [4.78, 5) is 3.41. The largest absolute Gasteiger partial charge is 0.309 e. The predicted molar refractivity (Wildman–Crippen MR) is 53.9 cm³/mol. The van der Waals surface area contributed by atoms with Gasteiger partial charge in [-0.25, -0.2) is 6.57 Å². The number of nitrogens with zero attached hydrogens (tertiary/aromatic N) is 2. The summed E-state index contributed by atoms with van der Waals surface area (Å²) >= 11 is 3.35. The van der Waals surface area contributed by atoms with Crippen LogP contribution in [0.1, 0.15) is 24.1 Å². The molecule has 0 aromatic heterocycles. The molecule has 1 rings (SSSR count). The lowest BCUT2D eigenvalue weighted by atomic mass is 10.1. The molecule has 0 saturated carbocycles. The molecule has 0 saturated heterocycles. The summed E-state index contributed by atoms with van der Waals surface area (Å²) < 4.78 is 0.884. The van der Waals surface area contributed by atoms with E-state index in [0.29, 0.717) is 5.56 Å². The van der Waals surface area contributed by atoms with Crippen molar-refractivity contribution >= 4 is 15.9 Å². The van der Waals surface area contributed by atoms with Crippen molar-refractivity contribution in [3.05, 3.63) is 45.2 Å². The molecular formula is C10H7BrN2. The zero-order valence-corrected chi connectivity index (χ0v) is 8.67. The minimum Gasteiger partial charge on any atom is -0.309 e. The highest BCUT2D eigenvalue weighted by atomic mass is 79.9. The number of hydrogen-bond donors (Lipinski definition) is 0. The highest BCUT2D eigenvalue weighted by Gasteiger charge is 2.12. The lowest BCUT2D eigenvalue weighted by Crippen LogP contribution is -1.90. The third kappa shape index (κ3) is 2.08. The van der Waals surface area contributed by atoms with E-state index in [9.17, 15) is 0 Å². The molecule has 64 valence electrons. The van der Waals surface area contributed by atoms with Gasteiger partial charge < -0.3 is 4.85 Å². The summed E-state index contributed by atoms with van der Waals surface area (Å²) in [6.45, 7) is 8.71. The van der Waals surface area contributed by atoms with E-state index >= 15 is 0 Å². The van der Waals surface area contributed by atoms with Crippen LogP contribution in [0.3, 0.4) is 0 Å². The van der Waals surface area contributed by atoms with E-state index < -0.39 is 0 Å². The summed E-state index contributed by atoms with van der Waals surface area (Å²) in [5.74, 6) is 0. The third-order valence-electron chi connectivity index (χ3n) is 1.77. The summed E-state index contributed by atoms with van der Waals surface area (Å²) in [5.41, 5.74) is 1.46. The van der Waals surface area contributed by atoms with Gasteiger partial charge in [0.2, 0.25) is 6.04 Å². The first kappa shape index (κ1) is 9.77. The average molecular weight is 235 g/mol. The van der Waals surface area contributed by atoms with Gasteiger partial charge in [-0.3, -0.25) is 0 Å². The van der Waals surface area contributed by atoms with Crippen molar-refractivity contribution < 1.29 is 0 Å². The second kappa shape index (κ2) is 4.07. The van der Waals surface area contributed by atoms with Crippen LogP contribution in [0.2, 0.25) is 0 Å². The van der Waals surface area contributed by atoms with E-state index in [1.54, 1.807) is 18.2 Å². The molecule has 0 aliphatic heterocycles. The summed E-state index contributed by atoms with van der Waals surface area (Å²) in [5, 5.41) is 8.66. The van der Waals surface area contributed by atoms with E-state index in [2.05, 4.69) is 20.8 Å². The first-order chi connectivity index (χ1) is 6.19. The molecule has 0 fully saturated rings. The van der Waals surface area contributed by atoms with Gasteiger partial charge in [0, 0.05) is 17.0 Å². The van der Waals surface area contributed by atoms with Crippen LogP contribution < -0.4 is 0 Å². The van der Waals surface area contributed by atoms with Crippen LogP contribution >= 0.6 is 15.9 Å². The molecule has 0 amide bonds. The first-order valence-electron chi connectivity index (χ1n) is 3.75. The molecule has 0 aliphatic rings. The van der Waals surface area contributed by atoms with Crippen molar-refractivity contribution in [1.29, 1.82) is 5.26 Å². The zero-order valence-electron chi connectivity index (χ0n) is 7.08. The average Bonchev–Trinajstić information content (AvgIpc) is 2.17. The van der Waals surface area contributed by atoms with Gasteiger partial charge >= 0.3 is 0 Å². The van der Waals surface area contributed by atoms with Crippen molar-refractivity contribution in [3.8, 4) is 6.07 Å². The van der Waals surface area contributed by atoms with Crippen LogP contribution in [0.4, 0.5) is 0 Å². The van der Waals surface area contributed by atoms with Crippen LogP contribution in [0.25, 0.3) is 4.85 Å². The molecule has 2 nitrogen and oxygen atoms in total. The van der Waals surface area contributed by atoms with Gasteiger partial charge in [-0.15, -0.1) is 0 Å². The highest BCUT2D eigenvalue weighted by molar-refractivity contribution is 9.10. The predicted octanol–water partition coefficient (Wildman–Crippen LogP) is 3.30. The quantitative estimate of drug-likeness (QED) is 0.686. The van der Waals surface area contributed by atoms with E-state index in [0.717, 1.165) is 10.0 Å². The minimum atomic E-state index is -0.206. The minimum absolute atomic E-state index is 0.206. The van der Waals surface area contributed by atoms with Crippen molar-refractivity contribution in [2.45, 2.75) is 13.0 Å². The Balaban J connectivity index is 3.22. The molecule has 1 unspecified atom stereocenters. The Labute approximate surface area is 85.8 Å². The molecule has 0 spiro atoms. The number of hydrogen-bond acceptors (Lipinski definition) is 1. The fraction of sp³-hybridized carbons (Fsp3) is 0.200. The van der Waals surface area contributed by atoms with E-state index in [1.807, 2.05) is 13.0 Å². The third-order valence-corrected chi connectivity index (χ3v) is 2.49. The smallest absolute Gasteiger partial charge is 0.247 e. The SMILES string of the molecule is [C-]#[N+]C(C)c1cc(C#N)ccc1Br. The lowest BCUT2D eigenvalue weighted by Gasteiger charge is -2.02. The van der Waals surface area contributed by atoms with Crippen molar-refractivity contribution in [2.24, 2.45) is 0 Å². The highest BCUT2D eigenvalue weighted by Crippen LogP contribution is 2.26. The van der Waals surface area contributed by atoms with Crippen molar-refractivity contribution in [3.63, 3.8) is 0 Å². The normalized spacial score (nSPS) is 11.4. The van der Waals surface area contributed by atoms with Crippen LogP contribution in [-0.4, -0.2) is 0 Å². The lowest BCUT2D eigenvalue weighted by molar-refractivity contribution is 0.952. The van der Waals surface area contributed by atoms with Crippen LogP contribution in [-0.2, 0) is 0 Å². The van der Waals surface area contributed by atoms with E-state index in [-0.39, 0.29) is 6.04 Å². The van der Waals surface area contributed by atoms with Gasteiger partial charge in [0.05, 0.1) is 11.6 Å². The first-order valence-corrected chi connectivity index (χ1v) is 4.54. The summed E-state index contributed by atoms with van der Waals surface area (Å²) in [6.07, 6.45) is 0. The molecule has 0 N–H and O–H groups in total. The topological polar surface area (TPSA) is 28.1 Å². The van der Waals surface area contributed by atoms with Crippen LogP contribution in [0.5, 0.6) is 0 Å². The molecule has 1 aromatic carbocycles. The second-order valence-electron chi connectivity index (χ2n) is 2.65. The molecule has 0 heterocycles. The van der Waals surface area contributed by atoms with E-state index in [4.69, 9.17) is 11.8 Å². The second-order valence-corrected chi connectivity index (χ2v) is 3.51. The van der Waals surface area contributed by atoms with E-state index in [1.165, 1.54) is 0 Å². The Morgan fingerprint density at radius 3 is 2.85 bits per heavy atom. The molecule has 3 heteroatoms. The van der Waals surface area contributed by atoms with Gasteiger partial charge in [0.15, 0.2) is 0 Å². The van der Waals surface area contributed by atoms with Gasteiger partial charge in [-0.05, 0) is 18.2 Å². The molecule has 13 heavy (non-hydrogen) atoms. The Morgan fingerprint density at radius 1 is 1.62 bits per heavy atom. The summed E-state index contributed by atoms with van der Waals surface area (Å²) in [6, 6.07) is 7.11. The fourth-order valence-corrected chi connectivity index (χ4v) is 1.58. The molecule has 0 aliphatic carbocycles. The number of rotatable bonds is 1. The van der Waals surface area contributed by atoms with Gasteiger partial charge in [-0.1, -0.05) is 15.9 Å². The number of nitriles is 1. The molecule has 1 atom stereocenters. The Hall–Kier alpha value is -1.32. The summed E-state index contributed by atoms with van der Waals surface area (Å²) in [7, 11) is 0. The fourth-order valence-electron chi connectivity index (χ4n) is 1.00. The van der Waals surface area contributed by atoms with Gasteiger partial charge in [0.1, 0.15) is 0 Å². The maximum absolute atomic E-state index is 8.66. The maximum atomic E-state index is 8.66. The maximum Gasteiger partial charge on any atom is 0.247 e. The van der Waals surface area contributed by atoms with Crippen molar-refractivity contribution in [2.75, 3.05) is 0 Å². The number of halogens is 1. The molecule has 1 aromatic rings. The Kier molecular flexibility index (Phi) is 3.06. The van der Waals surface area contributed by atoms with Crippen LogP contribution in [0, 0.1) is 17.9 Å². The number of benzene rings is 1. The standard InChI is InChI=1S/C10H7BrN2/c1-7(13-2)9-5-8(6-12)3-4-10(9)11/h3-5,7H,1H3. The molecule has 0 bridgehead atoms. The monoisotopic (exact) mass is 234 g/mol. The van der Waals surface area contributed by atoms with Gasteiger partial charge in [0.25, 0.3) is 0 Å². The van der Waals surface area contributed by atoms with Crippen molar-refractivity contribution in [1.82, 2.24) is 0 Å². The van der Waals surface area contributed by atoms with Gasteiger partial charge in [-0.2, -0.15) is 5.26 Å². The zero-order chi connectivity index (χ0) is 9.84. The Morgan fingerprint density at radius 2 is 2.31 bits per heavy atom.